The Bertz CT molecular complexity index is 982. The topological polar surface area (TPSA) is 57.7 Å². The minimum absolute atomic E-state index is 0.0814. The van der Waals surface area contributed by atoms with Crippen LogP contribution in [-0.2, 0) is 4.79 Å². The molecule has 26 heavy (non-hydrogen) atoms. The molecule has 2 aliphatic heterocycles. The van der Waals surface area contributed by atoms with Crippen LogP contribution in [0.5, 0.6) is 0 Å². The van der Waals surface area contributed by atoms with Gasteiger partial charge in [-0.15, -0.1) is 0 Å². The van der Waals surface area contributed by atoms with Gasteiger partial charge in [0.15, 0.2) is 4.32 Å². The second-order valence-corrected chi connectivity index (χ2v) is 7.19. The normalized spacial score (nSPS) is 18.3. The van der Waals surface area contributed by atoms with Crippen LogP contribution < -0.4 is 0 Å². The number of hydrazine groups is 1. The molecular formula is C18H9FN2O3S2. The summed E-state index contributed by atoms with van der Waals surface area (Å²) in [5.41, 5.74) is 1.07. The highest BCUT2D eigenvalue weighted by Gasteiger charge is 2.46. The second-order valence-electron chi connectivity index (χ2n) is 5.51. The van der Waals surface area contributed by atoms with Crippen LogP contribution in [-0.4, -0.2) is 32.1 Å². The highest BCUT2D eigenvalue weighted by Crippen LogP contribution is 2.36. The third-order valence-corrected chi connectivity index (χ3v) is 5.20. The Balaban J connectivity index is 1.68. The average Bonchev–Trinajstić information content (AvgIpc) is 3.04. The monoisotopic (exact) mass is 384 g/mol. The van der Waals surface area contributed by atoms with Crippen molar-refractivity contribution in [2.45, 2.75) is 0 Å². The highest BCUT2D eigenvalue weighted by atomic mass is 32.2. The number of fused-ring (bicyclic) bond motifs is 1. The summed E-state index contributed by atoms with van der Waals surface area (Å²) < 4.78 is 13.1. The molecule has 4 rings (SSSR count). The Morgan fingerprint density at radius 3 is 2.00 bits per heavy atom. The molecule has 2 aromatic carbocycles. The van der Waals surface area contributed by atoms with Gasteiger partial charge in [0.2, 0.25) is 0 Å². The number of thioether (sulfide) groups is 1. The third kappa shape index (κ3) is 2.54. The molecule has 0 aliphatic carbocycles. The van der Waals surface area contributed by atoms with Crippen molar-refractivity contribution < 1.29 is 18.8 Å². The largest absolute Gasteiger partial charge is 0.285 e. The smallest absolute Gasteiger partial charge is 0.267 e. The lowest BCUT2D eigenvalue weighted by molar-refractivity contribution is -0.128. The van der Waals surface area contributed by atoms with Gasteiger partial charge >= 0.3 is 0 Å². The number of nitrogens with zero attached hydrogens (tertiary/aromatic N) is 2. The summed E-state index contributed by atoms with van der Waals surface area (Å²) in [5, 5.41) is 1.69. The van der Waals surface area contributed by atoms with Gasteiger partial charge in [0, 0.05) is 0 Å². The minimum atomic E-state index is -0.593. The van der Waals surface area contributed by atoms with Gasteiger partial charge in [-0.3, -0.25) is 14.4 Å². The highest BCUT2D eigenvalue weighted by molar-refractivity contribution is 8.26. The Hall–Kier alpha value is -2.84. The van der Waals surface area contributed by atoms with Gasteiger partial charge in [-0.05, 0) is 48.1 Å². The predicted octanol–water partition coefficient (Wildman–Crippen LogP) is 3.24. The molecule has 1 saturated heterocycles. The summed E-state index contributed by atoms with van der Waals surface area (Å²) in [6.07, 6.45) is 1.54. The van der Waals surface area contributed by atoms with Gasteiger partial charge in [0.05, 0.1) is 16.0 Å². The first-order chi connectivity index (χ1) is 12.5. The molecule has 2 heterocycles. The van der Waals surface area contributed by atoms with Crippen LogP contribution in [0.25, 0.3) is 6.08 Å². The molecule has 5 nitrogen and oxygen atoms in total. The number of amides is 3. The molecule has 0 atom stereocenters. The van der Waals surface area contributed by atoms with Crippen molar-refractivity contribution >= 4 is 52.1 Å². The zero-order valence-corrected chi connectivity index (χ0v) is 14.6. The van der Waals surface area contributed by atoms with E-state index in [1.54, 1.807) is 12.1 Å². The van der Waals surface area contributed by atoms with E-state index in [0.717, 1.165) is 21.8 Å². The first kappa shape index (κ1) is 16.6. The number of carbonyl (C=O) groups excluding carboxylic acids is 3. The van der Waals surface area contributed by atoms with E-state index >= 15 is 0 Å². The third-order valence-electron chi connectivity index (χ3n) is 3.91. The fraction of sp³-hybridized carbons (Fsp3) is 0. The molecule has 0 aromatic heterocycles. The number of thiocarbonyl (C=S) groups is 1. The lowest BCUT2D eigenvalue weighted by Crippen LogP contribution is -2.48. The molecule has 2 aromatic rings. The maximum atomic E-state index is 13.0. The van der Waals surface area contributed by atoms with Gasteiger partial charge < -0.3 is 0 Å². The van der Waals surface area contributed by atoms with E-state index in [4.69, 9.17) is 12.2 Å². The van der Waals surface area contributed by atoms with Crippen LogP contribution in [0.4, 0.5) is 4.39 Å². The molecule has 0 unspecified atom stereocenters. The summed E-state index contributed by atoms with van der Waals surface area (Å²) in [7, 11) is 0. The quantitative estimate of drug-likeness (QED) is 0.452. The molecule has 0 N–H and O–H groups in total. The number of benzene rings is 2. The van der Waals surface area contributed by atoms with E-state index in [1.165, 1.54) is 42.5 Å². The number of halogens is 1. The van der Waals surface area contributed by atoms with E-state index in [9.17, 15) is 18.8 Å². The molecule has 3 amide bonds. The van der Waals surface area contributed by atoms with E-state index in [1.807, 2.05) is 0 Å². The average molecular weight is 384 g/mol. The van der Waals surface area contributed by atoms with Crippen molar-refractivity contribution in [3.8, 4) is 0 Å². The first-order valence-electron chi connectivity index (χ1n) is 7.48. The zero-order chi connectivity index (χ0) is 18.4. The van der Waals surface area contributed by atoms with Crippen molar-refractivity contribution in [1.82, 2.24) is 10.0 Å². The molecule has 8 heteroatoms. The van der Waals surface area contributed by atoms with Crippen LogP contribution in [0.2, 0.25) is 0 Å². The van der Waals surface area contributed by atoms with Gasteiger partial charge in [-0.2, -0.15) is 10.0 Å². The first-order valence-corrected chi connectivity index (χ1v) is 8.71. The molecule has 0 saturated carbocycles. The Labute approximate surface area is 157 Å². The van der Waals surface area contributed by atoms with Crippen molar-refractivity contribution in [2.24, 2.45) is 0 Å². The van der Waals surface area contributed by atoms with E-state index in [2.05, 4.69) is 0 Å². The lowest BCUT2D eigenvalue weighted by Gasteiger charge is -2.23. The number of carbonyl (C=O) groups is 3. The number of hydrogen-bond donors (Lipinski definition) is 0. The van der Waals surface area contributed by atoms with Crippen LogP contribution in [0.15, 0.2) is 53.4 Å². The minimum Gasteiger partial charge on any atom is -0.267 e. The molecule has 0 spiro atoms. The Morgan fingerprint density at radius 2 is 1.42 bits per heavy atom. The summed E-state index contributed by atoms with van der Waals surface area (Å²) in [4.78, 5) is 38.1. The van der Waals surface area contributed by atoms with E-state index < -0.39 is 17.7 Å². The van der Waals surface area contributed by atoms with Crippen LogP contribution in [0.3, 0.4) is 0 Å². The van der Waals surface area contributed by atoms with Crippen LogP contribution in [0, 0.1) is 5.82 Å². The fourth-order valence-corrected chi connectivity index (χ4v) is 3.94. The molecule has 0 radical (unpaired) electrons. The van der Waals surface area contributed by atoms with Crippen molar-refractivity contribution in [3.05, 3.63) is 75.9 Å². The van der Waals surface area contributed by atoms with Gasteiger partial charge in [0.1, 0.15) is 5.82 Å². The maximum absolute atomic E-state index is 13.0. The van der Waals surface area contributed by atoms with Crippen LogP contribution >= 0.6 is 24.0 Å². The number of hydrogen-bond acceptors (Lipinski definition) is 5. The summed E-state index contributed by atoms with van der Waals surface area (Å²) in [6, 6.07) is 11.9. The molecular weight excluding hydrogens is 375 g/mol. The fourth-order valence-electron chi connectivity index (χ4n) is 2.70. The van der Waals surface area contributed by atoms with E-state index in [0.29, 0.717) is 5.56 Å². The Kier molecular flexibility index (Phi) is 3.93. The van der Waals surface area contributed by atoms with E-state index in [-0.39, 0.29) is 26.2 Å². The molecule has 128 valence electrons. The standard InChI is InChI=1S/C18H9FN2O3S2/c19-11-7-5-10(6-8-11)9-14-17(24)21(18(25)26-14)20-15(22)12-3-1-2-4-13(12)16(20)23/h1-9H. The predicted molar refractivity (Wildman–Crippen MR) is 98.4 cm³/mol. The summed E-state index contributed by atoms with van der Waals surface area (Å²) >= 11 is 6.19. The molecule has 2 aliphatic rings. The Morgan fingerprint density at radius 1 is 0.846 bits per heavy atom. The van der Waals surface area contributed by atoms with Gasteiger partial charge in [-0.1, -0.05) is 36.0 Å². The summed E-state index contributed by atoms with van der Waals surface area (Å²) in [5.74, 6) is -2.14. The number of imide groups is 1. The van der Waals surface area contributed by atoms with Gasteiger partial charge in [-0.25, -0.2) is 4.39 Å². The summed E-state index contributed by atoms with van der Waals surface area (Å²) in [6.45, 7) is 0. The van der Waals surface area contributed by atoms with Crippen molar-refractivity contribution in [1.29, 1.82) is 0 Å². The number of rotatable bonds is 2. The molecule has 0 bridgehead atoms. The maximum Gasteiger partial charge on any atom is 0.285 e. The van der Waals surface area contributed by atoms with Crippen LogP contribution in [0.1, 0.15) is 26.3 Å². The lowest BCUT2D eigenvalue weighted by atomic mass is 10.1. The molecule has 1 fully saturated rings. The zero-order valence-electron chi connectivity index (χ0n) is 13.0. The second kappa shape index (κ2) is 6.15. The van der Waals surface area contributed by atoms with Gasteiger partial charge in [0.25, 0.3) is 17.7 Å². The van der Waals surface area contributed by atoms with Crippen molar-refractivity contribution in [2.75, 3.05) is 0 Å². The van der Waals surface area contributed by atoms with Crippen molar-refractivity contribution in [3.63, 3.8) is 0 Å². The SMILES string of the molecule is O=C1C(=Cc2ccc(F)cc2)SC(=S)N1N1C(=O)c2ccccc2C1=O.